The predicted molar refractivity (Wildman–Crippen MR) is 129 cm³/mol. The molecule has 0 aromatic heterocycles. The van der Waals surface area contributed by atoms with Crippen LogP contribution in [0.1, 0.15) is 105 Å². The Bertz CT molecular complexity index is 727. The number of aromatic hydroxyl groups is 1. The summed E-state index contributed by atoms with van der Waals surface area (Å²) in [5, 5.41) is 11.3. The number of carbonyl (C=O) groups excluding carboxylic acids is 1. The van der Waals surface area contributed by atoms with E-state index in [1.807, 2.05) is 0 Å². The molecule has 0 atom stereocenters. The van der Waals surface area contributed by atoms with Crippen LogP contribution in [0.4, 0.5) is 0 Å². The number of benzene rings is 1. The minimum atomic E-state index is -0.166. The second-order valence-electron chi connectivity index (χ2n) is 12.5. The molecule has 0 unspecified atom stereocenters. The molecule has 0 radical (unpaired) electrons. The molecular weight excluding hydrogens is 391 g/mol. The van der Waals surface area contributed by atoms with E-state index in [1.165, 1.54) is 0 Å². The zero-order chi connectivity index (χ0) is 23.1. The average Bonchev–Trinajstić information content (AvgIpc) is 2.48. The highest BCUT2D eigenvalue weighted by atomic mass is 31.1. The van der Waals surface area contributed by atoms with E-state index < -0.39 is 0 Å². The van der Waals surface area contributed by atoms with E-state index in [4.69, 9.17) is 4.74 Å². The lowest BCUT2D eigenvalue weighted by Crippen LogP contribution is -2.39. The first kappa shape index (κ1) is 25.2. The van der Waals surface area contributed by atoms with Crippen LogP contribution in [-0.4, -0.2) is 27.5 Å². The maximum Gasteiger partial charge on any atom is 0.306 e. The number of hydrogen-bond acceptors (Lipinski definition) is 3. The maximum atomic E-state index is 12.7. The van der Waals surface area contributed by atoms with Gasteiger partial charge in [0.2, 0.25) is 0 Å². The number of ether oxygens (including phenoxy) is 1. The highest BCUT2D eigenvalue weighted by molar-refractivity contribution is 7.41. The fourth-order valence-corrected chi connectivity index (χ4v) is 7.28. The van der Waals surface area contributed by atoms with Gasteiger partial charge in [-0.15, -0.1) is 8.58 Å². The molecule has 0 spiro atoms. The highest BCUT2D eigenvalue weighted by Gasteiger charge is 2.40. The zero-order valence-electron chi connectivity index (χ0n) is 20.8. The van der Waals surface area contributed by atoms with Crippen molar-refractivity contribution in [1.29, 1.82) is 0 Å². The minimum absolute atomic E-state index is 0.0128. The van der Waals surface area contributed by atoms with Crippen LogP contribution < -0.4 is 0 Å². The van der Waals surface area contributed by atoms with Crippen molar-refractivity contribution in [3.63, 3.8) is 0 Å². The Kier molecular flexibility index (Phi) is 7.10. The van der Waals surface area contributed by atoms with Crippen molar-refractivity contribution in [2.45, 2.75) is 122 Å². The van der Waals surface area contributed by atoms with Crippen molar-refractivity contribution < 1.29 is 14.6 Å². The average molecular weight is 435 g/mol. The largest absolute Gasteiger partial charge is 0.507 e. The third-order valence-corrected chi connectivity index (χ3v) is 7.62. The SMILES string of the molecule is CC1(C)CC(OC(=O)CCc2cc(C(C)(C)C)c(O)c(C(C)(C)C)c2)CC(C)(C)P1. The van der Waals surface area contributed by atoms with Crippen LogP contribution >= 0.6 is 8.58 Å². The number of rotatable bonds is 4. The second-order valence-corrected chi connectivity index (χ2v) is 15.4. The van der Waals surface area contributed by atoms with Gasteiger partial charge in [-0.25, -0.2) is 0 Å². The van der Waals surface area contributed by atoms with E-state index in [1.54, 1.807) is 0 Å². The Hall–Kier alpha value is -1.08. The molecule has 0 bridgehead atoms. The van der Waals surface area contributed by atoms with Crippen LogP contribution in [0, 0.1) is 0 Å². The van der Waals surface area contributed by atoms with Crippen LogP contribution in [-0.2, 0) is 26.8 Å². The van der Waals surface area contributed by atoms with E-state index in [2.05, 4.69) is 81.4 Å². The maximum absolute atomic E-state index is 12.7. The third kappa shape index (κ3) is 6.71. The lowest BCUT2D eigenvalue weighted by Gasteiger charge is -2.44. The van der Waals surface area contributed by atoms with E-state index in [0.29, 0.717) is 18.6 Å². The molecule has 0 saturated carbocycles. The minimum Gasteiger partial charge on any atom is -0.507 e. The molecule has 30 heavy (non-hydrogen) atoms. The smallest absolute Gasteiger partial charge is 0.306 e. The molecule has 1 aliphatic heterocycles. The van der Waals surface area contributed by atoms with Gasteiger partial charge in [0.25, 0.3) is 0 Å². The number of hydrogen-bond donors (Lipinski definition) is 1. The molecule has 1 saturated heterocycles. The normalized spacial score (nSPS) is 22.1. The van der Waals surface area contributed by atoms with Crippen molar-refractivity contribution in [3.05, 3.63) is 28.8 Å². The molecule has 4 heteroatoms. The number of phenols is 1. The summed E-state index contributed by atoms with van der Waals surface area (Å²) < 4.78 is 5.92. The number of aryl methyl sites for hydroxylation is 1. The van der Waals surface area contributed by atoms with Gasteiger partial charge in [0, 0.05) is 6.42 Å². The van der Waals surface area contributed by atoms with Gasteiger partial charge in [0.1, 0.15) is 11.9 Å². The highest BCUT2D eigenvalue weighted by Crippen LogP contribution is 2.53. The lowest BCUT2D eigenvalue weighted by atomic mass is 9.78. The van der Waals surface area contributed by atoms with Gasteiger partial charge < -0.3 is 9.84 Å². The van der Waals surface area contributed by atoms with Crippen molar-refractivity contribution >= 4 is 14.6 Å². The van der Waals surface area contributed by atoms with Crippen LogP contribution in [0.2, 0.25) is 0 Å². The molecule has 1 aliphatic rings. The summed E-state index contributed by atoms with van der Waals surface area (Å²) in [6.07, 6.45) is 2.91. The van der Waals surface area contributed by atoms with E-state index in [0.717, 1.165) is 38.1 Å². The van der Waals surface area contributed by atoms with E-state index in [-0.39, 0.29) is 33.2 Å². The molecule has 1 N–H and O–H groups in total. The fourth-order valence-electron chi connectivity index (χ4n) is 4.79. The van der Waals surface area contributed by atoms with Crippen LogP contribution in [0.5, 0.6) is 5.75 Å². The Morgan fingerprint density at radius 2 is 1.43 bits per heavy atom. The van der Waals surface area contributed by atoms with Gasteiger partial charge in [-0.05, 0) is 57.1 Å². The van der Waals surface area contributed by atoms with Crippen LogP contribution in [0.3, 0.4) is 0 Å². The van der Waals surface area contributed by atoms with E-state index in [9.17, 15) is 9.90 Å². The summed E-state index contributed by atoms with van der Waals surface area (Å²) in [7, 11) is 0.886. The van der Waals surface area contributed by atoms with E-state index >= 15 is 0 Å². The van der Waals surface area contributed by atoms with Gasteiger partial charge in [0.15, 0.2) is 0 Å². The predicted octanol–water partition coefficient (Wildman–Crippen LogP) is 6.86. The van der Waals surface area contributed by atoms with Crippen LogP contribution in [0.25, 0.3) is 0 Å². The molecule has 1 heterocycles. The molecule has 0 amide bonds. The van der Waals surface area contributed by atoms with Gasteiger partial charge in [-0.2, -0.15) is 0 Å². The molecule has 0 aliphatic carbocycles. The first-order chi connectivity index (χ1) is 13.4. The molecule has 1 fully saturated rings. The summed E-state index contributed by atoms with van der Waals surface area (Å²) in [6.45, 7) is 21.8. The Balaban J connectivity index is 2.14. The van der Waals surface area contributed by atoms with Gasteiger partial charge in [0.05, 0.1) is 0 Å². The first-order valence-electron chi connectivity index (χ1n) is 11.3. The van der Waals surface area contributed by atoms with Gasteiger partial charge >= 0.3 is 5.97 Å². The number of phenolic OH excluding ortho intramolecular Hbond substituents is 1. The molecule has 1 aromatic rings. The Morgan fingerprint density at radius 1 is 1.00 bits per heavy atom. The van der Waals surface area contributed by atoms with Crippen molar-refractivity contribution in [2.75, 3.05) is 0 Å². The summed E-state index contributed by atoms with van der Waals surface area (Å²) in [4.78, 5) is 12.7. The topological polar surface area (TPSA) is 46.5 Å². The molecule has 2 rings (SSSR count). The van der Waals surface area contributed by atoms with Crippen molar-refractivity contribution in [2.24, 2.45) is 0 Å². The summed E-state index contributed by atoms with van der Waals surface area (Å²) >= 11 is 0. The number of esters is 1. The second kappa shape index (κ2) is 8.45. The standard InChI is InChI=1S/C26H43O3P/c1-23(2,3)19-13-17(14-20(22(19)28)24(4,5)6)11-12-21(27)29-18-15-25(7,8)30-26(9,10)16-18/h13-14,18,28,30H,11-12,15-16H2,1-10H3. The van der Waals surface area contributed by atoms with Gasteiger partial charge in [-0.3, -0.25) is 4.79 Å². The molecule has 1 aromatic carbocycles. The quantitative estimate of drug-likeness (QED) is 0.416. The van der Waals surface area contributed by atoms with Crippen molar-refractivity contribution in [3.8, 4) is 5.75 Å². The summed E-state index contributed by atoms with van der Waals surface area (Å²) in [5.41, 5.74) is 2.64. The monoisotopic (exact) mass is 434 g/mol. The fraction of sp³-hybridized carbons (Fsp3) is 0.731. The first-order valence-corrected chi connectivity index (χ1v) is 12.3. The summed E-state index contributed by atoms with van der Waals surface area (Å²) in [6, 6.07) is 4.12. The molecule has 3 nitrogen and oxygen atoms in total. The van der Waals surface area contributed by atoms with Crippen molar-refractivity contribution in [1.82, 2.24) is 0 Å². The molecular formula is C26H43O3P. The van der Waals surface area contributed by atoms with Gasteiger partial charge in [-0.1, -0.05) is 81.4 Å². The Labute approximate surface area is 186 Å². The van der Waals surface area contributed by atoms with Crippen LogP contribution in [0.15, 0.2) is 12.1 Å². The third-order valence-electron chi connectivity index (χ3n) is 5.85. The Morgan fingerprint density at radius 3 is 1.83 bits per heavy atom. The summed E-state index contributed by atoms with van der Waals surface area (Å²) in [5.74, 6) is 0.272. The number of carbonyl (C=O) groups is 1. The molecule has 170 valence electrons. The lowest BCUT2D eigenvalue weighted by molar-refractivity contribution is -0.150. The zero-order valence-corrected chi connectivity index (χ0v) is 21.8.